The monoisotopic (exact) mass is 323 g/mol. The van der Waals surface area contributed by atoms with Crippen molar-refractivity contribution in [1.82, 2.24) is 9.78 Å². The lowest BCUT2D eigenvalue weighted by Gasteiger charge is -2.11. The molecule has 0 unspecified atom stereocenters. The van der Waals surface area contributed by atoms with E-state index in [2.05, 4.69) is 10.4 Å². The first kappa shape index (κ1) is 16.1. The van der Waals surface area contributed by atoms with E-state index in [1.54, 1.807) is 0 Å². The summed E-state index contributed by atoms with van der Waals surface area (Å²) >= 11 is 0. The largest absolute Gasteiger partial charge is 0.494 e. The van der Waals surface area contributed by atoms with Crippen molar-refractivity contribution in [3.63, 3.8) is 0 Å². The molecule has 1 heterocycles. The number of aliphatic hydroxyl groups excluding tert-OH is 1. The summed E-state index contributed by atoms with van der Waals surface area (Å²) in [5.74, 6) is 0.724. The molecule has 0 aliphatic heterocycles. The van der Waals surface area contributed by atoms with E-state index in [-0.39, 0.29) is 6.61 Å². The predicted octanol–water partition coefficient (Wildman–Crippen LogP) is 3.38. The molecule has 5 heteroatoms. The highest BCUT2D eigenvalue weighted by atomic mass is 16.5. The highest BCUT2D eigenvalue weighted by molar-refractivity contribution is 5.51. The summed E-state index contributed by atoms with van der Waals surface area (Å²) in [6, 6.07) is 15.7. The molecule has 124 valence electrons. The molecule has 24 heavy (non-hydrogen) atoms. The summed E-state index contributed by atoms with van der Waals surface area (Å²) in [7, 11) is 0. The predicted molar refractivity (Wildman–Crippen MR) is 94.4 cm³/mol. The number of ether oxygens (including phenoxy) is 1. The van der Waals surface area contributed by atoms with E-state index in [1.165, 1.54) is 0 Å². The second-order valence-electron chi connectivity index (χ2n) is 5.40. The second kappa shape index (κ2) is 7.66. The maximum absolute atomic E-state index is 9.46. The van der Waals surface area contributed by atoms with Crippen LogP contribution in [0.5, 0.6) is 5.75 Å². The molecular weight excluding hydrogens is 302 g/mol. The van der Waals surface area contributed by atoms with E-state index in [0.29, 0.717) is 13.2 Å². The van der Waals surface area contributed by atoms with Crippen LogP contribution in [0.15, 0.2) is 60.9 Å². The van der Waals surface area contributed by atoms with Crippen molar-refractivity contribution in [3.05, 3.63) is 72.1 Å². The van der Waals surface area contributed by atoms with Crippen molar-refractivity contribution < 1.29 is 9.84 Å². The van der Waals surface area contributed by atoms with Gasteiger partial charge in [-0.15, -0.1) is 0 Å². The van der Waals surface area contributed by atoms with Crippen LogP contribution in [0, 0.1) is 0 Å². The Balaban J connectivity index is 1.67. The number of rotatable bonds is 7. The molecule has 0 radical (unpaired) electrons. The van der Waals surface area contributed by atoms with Crippen molar-refractivity contribution in [1.29, 1.82) is 0 Å². The summed E-state index contributed by atoms with van der Waals surface area (Å²) < 4.78 is 7.35. The van der Waals surface area contributed by atoms with Gasteiger partial charge in [-0.25, -0.2) is 4.68 Å². The van der Waals surface area contributed by atoms with Gasteiger partial charge in [-0.2, -0.15) is 5.10 Å². The zero-order valence-corrected chi connectivity index (χ0v) is 13.6. The number of hydrogen-bond acceptors (Lipinski definition) is 4. The number of nitrogens with one attached hydrogen (secondary N) is 1. The van der Waals surface area contributed by atoms with Gasteiger partial charge < -0.3 is 15.2 Å². The lowest BCUT2D eigenvalue weighted by atomic mass is 10.2. The molecule has 0 spiro atoms. The van der Waals surface area contributed by atoms with E-state index < -0.39 is 0 Å². The minimum absolute atomic E-state index is 0.0448. The summed E-state index contributed by atoms with van der Waals surface area (Å²) in [6.45, 7) is 3.12. The van der Waals surface area contributed by atoms with Gasteiger partial charge in [0.05, 0.1) is 25.1 Å². The smallest absolute Gasteiger partial charge is 0.124 e. The Bertz CT molecular complexity index is 784. The van der Waals surface area contributed by atoms with Crippen molar-refractivity contribution in [2.24, 2.45) is 0 Å². The van der Waals surface area contributed by atoms with Crippen LogP contribution < -0.4 is 10.1 Å². The average Bonchev–Trinajstić information content (AvgIpc) is 3.11. The van der Waals surface area contributed by atoms with Gasteiger partial charge in [0, 0.05) is 29.6 Å². The first-order valence-corrected chi connectivity index (χ1v) is 7.99. The number of anilines is 1. The molecule has 3 rings (SSSR count). The van der Waals surface area contributed by atoms with E-state index in [0.717, 1.165) is 28.3 Å². The first-order chi connectivity index (χ1) is 11.8. The quantitative estimate of drug-likeness (QED) is 0.700. The zero-order chi connectivity index (χ0) is 16.8. The third-order valence-electron chi connectivity index (χ3n) is 3.68. The summed E-state index contributed by atoms with van der Waals surface area (Å²) in [6.07, 6.45) is 3.85. The van der Waals surface area contributed by atoms with Gasteiger partial charge in [0.25, 0.3) is 0 Å². The van der Waals surface area contributed by atoms with E-state index in [9.17, 15) is 5.11 Å². The number of hydrogen-bond donors (Lipinski definition) is 2. The second-order valence-corrected chi connectivity index (χ2v) is 5.40. The number of aromatic nitrogens is 2. The van der Waals surface area contributed by atoms with Gasteiger partial charge in [-0.3, -0.25) is 0 Å². The van der Waals surface area contributed by atoms with Crippen LogP contribution in [0.4, 0.5) is 5.69 Å². The number of aliphatic hydroxyl groups is 1. The molecule has 0 bridgehead atoms. The molecule has 3 aromatic rings. The normalized spacial score (nSPS) is 10.6. The fourth-order valence-corrected chi connectivity index (χ4v) is 2.49. The number of nitrogens with zero attached hydrogens (tertiary/aromatic N) is 2. The molecule has 1 aromatic heterocycles. The van der Waals surface area contributed by atoms with Crippen LogP contribution in [0.3, 0.4) is 0 Å². The average molecular weight is 323 g/mol. The highest BCUT2D eigenvalue weighted by Gasteiger charge is 2.05. The molecule has 0 saturated carbocycles. The van der Waals surface area contributed by atoms with Crippen LogP contribution in [0.1, 0.15) is 18.1 Å². The SMILES string of the molecule is CCOc1ccc(NCc2cnn(-c3ccccc3)c2)cc1CO. The maximum Gasteiger partial charge on any atom is 0.124 e. The van der Waals surface area contributed by atoms with Gasteiger partial charge in [0.15, 0.2) is 0 Å². The molecule has 5 nitrogen and oxygen atoms in total. The van der Waals surface area contributed by atoms with Gasteiger partial charge >= 0.3 is 0 Å². The summed E-state index contributed by atoms with van der Waals surface area (Å²) in [5.41, 5.74) is 3.84. The lowest BCUT2D eigenvalue weighted by Crippen LogP contribution is -2.01. The third-order valence-corrected chi connectivity index (χ3v) is 3.68. The molecule has 0 saturated heterocycles. The fraction of sp³-hybridized carbons (Fsp3) is 0.211. The molecule has 0 atom stereocenters. The van der Waals surface area contributed by atoms with E-state index in [4.69, 9.17) is 4.74 Å². The summed E-state index contributed by atoms with van der Waals surface area (Å²) in [4.78, 5) is 0. The van der Waals surface area contributed by atoms with Crippen LogP contribution >= 0.6 is 0 Å². The molecule has 2 aromatic carbocycles. The number of benzene rings is 2. The fourth-order valence-electron chi connectivity index (χ4n) is 2.49. The van der Waals surface area contributed by atoms with Crippen LogP contribution in [0.25, 0.3) is 5.69 Å². The standard InChI is InChI=1S/C19H21N3O2/c1-2-24-19-9-8-17(10-16(19)14-23)20-11-15-12-21-22(13-15)18-6-4-3-5-7-18/h3-10,12-13,20,23H,2,11,14H2,1H3. The molecule has 0 amide bonds. The van der Waals surface area contributed by atoms with Gasteiger partial charge in [0.2, 0.25) is 0 Å². The Morgan fingerprint density at radius 3 is 2.75 bits per heavy atom. The van der Waals surface area contributed by atoms with E-state index >= 15 is 0 Å². The minimum atomic E-state index is -0.0448. The van der Waals surface area contributed by atoms with Gasteiger partial charge in [-0.1, -0.05) is 18.2 Å². The van der Waals surface area contributed by atoms with Crippen molar-refractivity contribution >= 4 is 5.69 Å². The Labute approximate surface area is 141 Å². The van der Waals surface area contributed by atoms with Crippen molar-refractivity contribution in [2.45, 2.75) is 20.1 Å². The first-order valence-electron chi connectivity index (χ1n) is 7.99. The Kier molecular flexibility index (Phi) is 5.13. The Hall–Kier alpha value is -2.79. The number of para-hydroxylation sites is 1. The van der Waals surface area contributed by atoms with Crippen LogP contribution in [0.2, 0.25) is 0 Å². The molecule has 0 fully saturated rings. The Morgan fingerprint density at radius 2 is 2.00 bits per heavy atom. The Morgan fingerprint density at radius 1 is 1.17 bits per heavy atom. The maximum atomic E-state index is 9.46. The van der Waals surface area contributed by atoms with Crippen LogP contribution in [-0.4, -0.2) is 21.5 Å². The minimum Gasteiger partial charge on any atom is -0.494 e. The topological polar surface area (TPSA) is 59.3 Å². The lowest BCUT2D eigenvalue weighted by molar-refractivity contribution is 0.267. The molecule has 2 N–H and O–H groups in total. The zero-order valence-electron chi connectivity index (χ0n) is 13.6. The van der Waals surface area contributed by atoms with Crippen molar-refractivity contribution in [3.8, 4) is 11.4 Å². The third kappa shape index (κ3) is 3.75. The highest BCUT2D eigenvalue weighted by Crippen LogP contribution is 2.23. The van der Waals surface area contributed by atoms with Gasteiger partial charge in [0.1, 0.15) is 5.75 Å². The van der Waals surface area contributed by atoms with Gasteiger partial charge in [-0.05, 0) is 37.3 Å². The van der Waals surface area contributed by atoms with Crippen molar-refractivity contribution in [2.75, 3.05) is 11.9 Å². The van der Waals surface area contributed by atoms with E-state index in [1.807, 2.05) is 72.5 Å². The molecule has 0 aliphatic rings. The summed E-state index contributed by atoms with van der Waals surface area (Å²) in [5, 5.41) is 17.2. The molecule has 0 aliphatic carbocycles. The molecular formula is C19H21N3O2. The van der Waals surface area contributed by atoms with Crippen LogP contribution in [-0.2, 0) is 13.2 Å².